The molecule has 0 aromatic carbocycles. The highest BCUT2D eigenvalue weighted by atomic mass is 16.6. The lowest BCUT2D eigenvalue weighted by Crippen LogP contribution is -2.61. The van der Waals surface area contributed by atoms with Gasteiger partial charge in [0.05, 0.1) is 12.7 Å². The third kappa shape index (κ3) is 2.94. The van der Waals surface area contributed by atoms with Crippen molar-refractivity contribution in [3.63, 3.8) is 0 Å². The molecule has 0 amide bonds. The molecule has 0 N–H and O–H groups in total. The second-order valence-electron chi connectivity index (χ2n) is 12.0. The van der Waals surface area contributed by atoms with Gasteiger partial charge in [0.15, 0.2) is 0 Å². The van der Waals surface area contributed by atoms with Crippen LogP contribution in [0.2, 0.25) is 0 Å². The second kappa shape index (κ2) is 7.94. The maximum Gasteiger partial charge on any atom is 0.306 e. The van der Waals surface area contributed by atoms with Crippen LogP contribution in [0, 0.1) is 34.5 Å². The summed E-state index contributed by atoms with van der Waals surface area (Å²) in [5.74, 6) is 1.20. The Labute approximate surface area is 204 Å². The molecule has 1 heterocycles. The largest absolute Gasteiger partial charge is 0.466 e. The summed E-state index contributed by atoms with van der Waals surface area (Å²) in [7, 11) is 0. The summed E-state index contributed by atoms with van der Waals surface area (Å²) in [6.07, 6.45) is 12.7. The van der Waals surface area contributed by atoms with Crippen molar-refractivity contribution in [2.24, 2.45) is 34.5 Å². The Balaban J connectivity index is 1.53. The zero-order valence-corrected chi connectivity index (χ0v) is 21.8. The molecular weight excluding hydrogens is 428 g/mol. The van der Waals surface area contributed by atoms with Gasteiger partial charge in [0.1, 0.15) is 11.2 Å². The first-order valence-corrected chi connectivity index (χ1v) is 13.5. The van der Waals surface area contributed by atoms with Crippen molar-refractivity contribution >= 4 is 11.9 Å². The Morgan fingerprint density at radius 1 is 1.09 bits per heavy atom. The summed E-state index contributed by atoms with van der Waals surface area (Å²) < 4.78 is 18.8. The summed E-state index contributed by atoms with van der Waals surface area (Å²) >= 11 is 0. The van der Waals surface area contributed by atoms with Crippen molar-refractivity contribution in [1.82, 2.24) is 0 Å². The molecular formula is C29H42O5. The molecule has 3 saturated carbocycles. The fraction of sp³-hybridized carbons (Fsp3) is 0.793. The van der Waals surface area contributed by atoms with Crippen LogP contribution in [0.3, 0.4) is 0 Å². The molecule has 4 fully saturated rings. The minimum Gasteiger partial charge on any atom is -0.466 e. The molecule has 5 rings (SSSR count). The van der Waals surface area contributed by atoms with Gasteiger partial charge in [-0.15, -0.1) is 0 Å². The van der Waals surface area contributed by atoms with Crippen molar-refractivity contribution in [3.8, 4) is 0 Å². The number of allylic oxidation sites excluding steroid dienone is 2. The molecule has 0 aromatic rings. The van der Waals surface area contributed by atoms with E-state index in [1.165, 1.54) is 0 Å². The van der Waals surface area contributed by atoms with Crippen molar-refractivity contribution in [2.75, 3.05) is 6.61 Å². The van der Waals surface area contributed by atoms with Crippen LogP contribution in [0.5, 0.6) is 0 Å². The smallest absolute Gasteiger partial charge is 0.306 e. The maximum absolute atomic E-state index is 12.8. The molecule has 0 bridgehead atoms. The average molecular weight is 471 g/mol. The number of ether oxygens (including phenoxy) is 3. The molecule has 1 unspecified atom stereocenters. The van der Waals surface area contributed by atoms with Crippen molar-refractivity contribution < 1.29 is 23.8 Å². The van der Waals surface area contributed by atoms with Gasteiger partial charge in [-0.3, -0.25) is 9.59 Å². The normalized spacial score (nSPS) is 48.1. The molecule has 34 heavy (non-hydrogen) atoms. The van der Waals surface area contributed by atoms with Crippen LogP contribution < -0.4 is 0 Å². The number of epoxide rings is 1. The molecule has 0 radical (unpaired) electrons. The van der Waals surface area contributed by atoms with E-state index in [0.29, 0.717) is 43.6 Å². The first kappa shape index (κ1) is 24.1. The average Bonchev–Trinajstić information content (AvgIpc) is 3.49. The van der Waals surface area contributed by atoms with Crippen LogP contribution in [0.15, 0.2) is 23.8 Å². The molecule has 188 valence electrons. The lowest BCUT2D eigenvalue weighted by Gasteiger charge is -2.58. The monoisotopic (exact) mass is 470 g/mol. The third-order valence-electron chi connectivity index (χ3n) is 10.7. The van der Waals surface area contributed by atoms with E-state index in [4.69, 9.17) is 14.2 Å². The summed E-state index contributed by atoms with van der Waals surface area (Å²) in [4.78, 5) is 24.7. The Morgan fingerprint density at radius 3 is 2.53 bits per heavy atom. The third-order valence-corrected chi connectivity index (χ3v) is 10.7. The topological polar surface area (TPSA) is 65.1 Å². The zero-order valence-electron chi connectivity index (χ0n) is 21.8. The SMILES string of the molecule is CCC(=O)OCC[C@@]1(OC(=O)CC)[C@@H](C)C[C@H]2[C@@H]3C[C@H](C)C4=CCC=C[C@]4(C)C34O[C@H]4C[C@@]21C. The van der Waals surface area contributed by atoms with Crippen molar-refractivity contribution in [3.05, 3.63) is 23.8 Å². The zero-order chi connectivity index (χ0) is 24.5. The van der Waals surface area contributed by atoms with E-state index in [2.05, 4.69) is 45.9 Å². The van der Waals surface area contributed by atoms with E-state index in [1.54, 1.807) is 5.57 Å². The molecule has 0 aromatic heterocycles. The quantitative estimate of drug-likeness (QED) is 0.280. The number of hydrogen-bond donors (Lipinski definition) is 0. The van der Waals surface area contributed by atoms with E-state index in [1.807, 2.05) is 13.8 Å². The molecule has 1 spiro atoms. The van der Waals surface area contributed by atoms with E-state index in [-0.39, 0.29) is 40.4 Å². The van der Waals surface area contributed by atoms with Gasteiger partial charge in [-0.05, 0) is 56.3 Å². The number of hydrogen-bond acceptors (Lipinski definition) is 5. The minimum atomic E-state index is -0.639. The first-order chi connectivity index (χ1) is 16.1. The minimum absolute atomic E-state index is 0.0508. The van der Waals surface area contributed by atoms with Gasteiger partial charge in [-0.25, -0.2) is 0 Å². The van der Waals surface area contributed by atoms with Gasteiger partial charge < -0.3 is 14.2 Å². The van der Waals surface area contributed by atoms with E-state index in [9.17, 15) is 9.59 Å². The number of carbonyl (C=O) groups excluding carboxylic acids is 2. The summed E-state index contributed by atoms with van der Waals surface area (Å²) in [6.45, 7) is 13.3. The Kier molecular flexibility index (Phi) is 5.63. The summed E-state index contributed by atoms with van der Waals surface area (Å²) in [5.41, 5.74) is 0.523. The van der Waals surface area contributed by atoms with E-state index < -0.39 is 5.60 Å². The number of carbonyl (C=O) groups is 2. The first-order valence-electron chi connectivity index (χ1n) is 13.5. The molecule has 4 aliphatic carbocycles. The highest BCUT2D eigenvalue weighted by molar-refractivity contribution is 5.70. The van der Waals surface area contributed by atoms with E-state index >= 15 is 0 Å². The number of rotatable bonds is 6. The Morgan fingerprint density at radius 2 is 1.82 bits per heavy atom. The lowest BCUT2D eigenvalue weighted by atomic mass is 9.45. The molecule has 1 saturated heterocycles. The number of fused-ring (bicyclic) bond motifs is 3. The van der Waals surface area contributed by atoms with Gasteiger partial charge in [0.25, 0.3) is 0 Å². The predicted octanol–water partition coefficient (Wildman–Crippen LogP) is 5.77. The molecule has 5 heteroatoms. The highest BCUT2D eigenvalue weighted by Gasteiger charge is 2.82. The van der Waals surface area contributed by atoms with Gasteiger partial charge >= 0.3 is 11.9 Å². The molecule has 5 aliphatic rings. The molecule has 5 nitrogen and oxygen atoms in total. The van der Waals surface area contributed by atoms with Gasteiger partial charge in [0.2, 0.25) is 0 Å². The van der Waals surface area contributed by atoms with Crippen LogP contribution >= 0.6 is 0 Å². The number of esters is 2. The molecule has 1 aliphatic heterocycles. The fourth-order valence-electron chi connectivity index (χ4n) is 9.10. The van der Waals surface area contributed by atoms with Crippen LogP contribution in [0.1, 0.15) is 86.5 Å². The lowest BCUT2D eigenvalue weighted by molar-refractivity contribution is -0.192. The van der Waals surface area contributed by atoms with Gasteiger partial charge in [0, 0.05) is 30.1 Å². The van der Waals surface area contributed by atoms with Gasteiger partial charge in [-0.1, -0.05) is 58.4 Å². The van der Waals surface area contributed by atoms with Crippen LogP contribution in [0.25, 0.3) is 0 Å². The summed E-state index contributed by atoms with van der Waals surface area (Å²) in [5, 5.41) is 0. The second-order valence-corrected chi connectivity index (χ2v) is 12.0. The van der Waals surface area contributed by atoms with Crippen molar-refractivity contribution in [1.29, 1.82) is 0 Å². The highest BCUT2D eigenvalue weighted by Crippen LogP contribution is 2.77. The molecule has 9 atom stereocenters. The van der Waals surface area contributed by atoms with E-state index in [0.717, 1.165) is 25.7 Å². The van der Waals surface area contributed by atoms with Crippen LogP contribution in [-0.4, -0.2) is 35.9 Å². The van der Waals surface area contributed by atoms with Gasteiger partial charge in [-0.2, -0.15) is 0 Å². The maximum atomic E-state index is 12.8. The summed E-state index contributed by atoms with van der Waals surface area (Å²) in [6, 6.07) is 0. The van der Waals surface area contributed by atoms with Crippen LogP contribution in [0.4, 0.5) is 0 Å². The predicted molar refractivity (Wildman–Crippen MR) is 130 cm³/mol. The Bertz CT molecular complexity index is 937. The van der Waals surface area contributed by atoms with Crippen molar-refractivity contribution in [2.45, 2.75) is 104 Å². The Hall–Kier alpha value is -1.62. The van der Waals surface area contributed by atoms with Crippen LogP contribution in [-0.2, 0) is 23.8 Å². The standard InChI is InChI=1S/C29H42O5/c1-7-24(30)32-14-13-28(34-25(31)8-2)19(4)16-21-22-15-18(3)20-11-9-10-12-26(20,5)29(22)23(33-29)17-27(21,28)6/h10-12,18-19,21-23H,7-9,13-17H2,1-6H3/t18-,19-,21-,22-,23-,26-,27-,28+,29?/m0/s1. The fourth-order valence-corrected chi connectivity index (χ4v) is 9.10.